The van der Waals surface area contributed by atoms with Crippen LogP contribution in [-0.4, -0.2) is 35.8 Å². The van der Waals surface area contributed by atoms with Crippen LogP contribution in [0.25, 0.3) is 0 Å². The standard InChI is InChI=1S/C17H23ClN2O2/c1-12-16(22)20(14-8-6-5-7-13(14)18)10-9-19(12)15(21)11-17(2,3)4/h5-8,12H,9-11H2,1-4H3/t12-/m0/s1. The Morgan fingerprint density at radius 2 is 1.91 bits per heavy atom. The molecule has 0 bridgehead atoms. The molecule has 1 atom stereocenters. The molecular formula is C17H23ClN2O2. The van der Waals surface area contributed by atoms with Gasteiger partial charge < -0.3 is 9.80 Å². The first-order valence-corrected chi connectivity index (χ1v) is 7.94. The molecule has 1 fully saturated rings. The van der Waals surface area contributed by atoms with Crippen molar-refractivity contribution >= 4 is 29.1 Å². The predicted molar refractivity (Wildman–Crippen MR) is 89.1 cm³/mol. The number of nitrogens with zero attached hydrogens (tertiary/aromatic N) is 2. The van der Waals surface area contributed by atoms with Crippen LogP contribution in [0.2, 0.25) is 5.02 Å². The molecule has 0 spiro atoms. The number of anilines is 1. The minimum absolute atomic E-state index is 0.0344. The van der Waals surface area contributed by atoms with Crippen molar-refractivity contribution in [2.75, 3.05) is 18.0 Å². The van der Waals surface area contributed by atoms with Gasteiger partial charge in [-0.25, -0.2) is 0 Å². The molecule has 2 rings (SSSR count). The van der Waals surface area contributed by atoms with E-state index in [2.05, 4.69) is 0 Å². The SMILES string of the molecule is C[C@H]1C(=O)N(c2ccccc2Cl)CCN1C(=O)CC(C)(C)C. The molecule has 1 saturated heterocycles. The van der Waals surface area contributed by atoms with Crippen LogP contribution in [0, 0.1) is 5.41 Å². The highest BCUT2D eigenvalue weighted by molar-refractivity contribution is 6.33. The number of benzene rings is 1. The molecule has 2 amide bonds. The lowest BCUT2D eigenvalue weighted by Crippen LogP contribution is -2.58. The molecular weight excluding hydrogens is 300 g/mol. The van der Waals surface area contributed by atoms with Gasteiger partial charge in [-0.05, 0) is 24.5 Å². The molecule has 0 aromatic heterocycles. The number of halogens is 1. The first kappa shape index (κ1) is 16.8. The van der Waals surface area contributed by atoms with Gasteiger partial charge in [0.2, 0.25) is 11.8 Å². The lowest BCUT2D eigenvalue weighted by molar-refractivity contribution is -0.142. The van der Waals surface area contributed by atoms with E-state index in [1.165, 1.54) is 0 Å². The maximum atomic E-state index is 12.6. The van der Waals surface area contributed by atoms with Crippen molar-refractivity contribution in [2.24, 2.45) is 5.41 Å². The van der Waals surface area contributed by atoms with Gasteiger partial charge in [0.05, 0.1) is 10.7 Å². The smallest absolute Gasteiger partial charge is 0.249 e. The normalized spacial score (nSPS) is 19.5. The summed E-state index contributed by atoms with van der Waals surface area (Å²) in [6.07, 6.45) is 0.441. The summed E-state index contributed by atoms with van der Waals surface area (Å²) in [5.41, 5.74) is 0.628. The number of rotatable bonds is 2. The number of amides is 2. The van der Waals surface area contributed by atoms with Crippen LogP contribution in [0.3, 0.4) is 0 Å². The van der Waals surface area contributed by atoms with Crippen molar-refractivity contribution < 1.29 is 9.59 Å². The third-order valence-electron chi connectivity index (χ3n) is 3.80. The Hall–Kier alpha value is -1.55. The highest BCUT2D eigenvalue weighted by atomic mass is 35.5. The summed E-state index contributed by atoms with van der Waals surface area (Å²) in [5, 5.41) is 0.553. The molecule has 0 aliphatic carbocycles. The topological polar surface area (TPSA) is 40.6 Å². The van der Waals surface area contributed by atoms with Gasteiger partial charge in [0.25, 0.3) is 0 Å². The molecule has 1 aromatic rings. The zero-order valence-electron chi connectivity index (χ0n) is 13.6. The van der Waals surface area contributed by atoms with Crippen molar-refractivity contribution in [2.45, 2.75) is 40.2 Å². The van der Waals surface area contributed by atoms with E-state index in [1.54, 1.807) is 22.8 Å². The van der Waals surface area contributed by atoms with Crippen LogP contribution in [-0.2, 0) is 9.59 Å². The van der Waals surface area contributed by atoms with Gasteiger partial charge in [0.15, 0.2) is 0 Å². The summed E-state index contributed by atoms with van der Waals surface area (Å²) in [5.74, 6) is -0.0474. The number of carbonyl (C=O) groups is 2. The van der Waals surface area contributed by atoms with Gasteiger partial charge in [0.1, 0.15) is 6.04 Å². The Morgan fingerprint density at radius 3 is 2.50 bits per heavy atom. The molecule has 1 aliphatic heterocycles. The maximum Gasteiger partial charge on any atom is 0.249 e. The van der Waals surface area contributed by atoms with Crippen LogP contribution >= 0.6 is 11.6 Å². The first-order chi connectivity index (χ1) is 10.2. The highest BCUT2D eigenvalue weighted by Gasteiger charge is 2.36. The van der Waals surface area contributed by atoms with E-state index in [4.69, 9.17) is 11.6 Å². The Labute approximate surface area is 137 Å². The fraction of sp³-hybridized carbons (Fsp3) is 0.529. The summed E-state index contributed by atoms with van der Waals surface area (Å²) in [4.78, 5) is 28.4. The minimum Gasteiger partial charge on any atom is -0.329 e. The zero-order valence-corrected chi connectivity index (χ0v) is 14.4. The summed E-state index contributed by atoms with van der Waals surface area (Å²) in [6, 6.07) is 6.84. The summed E-state index contributed by atoms with van der Waals surface area (Å²) >= 11 is 6.18. The van der Waals surface area contributed by atoms with E-state index in [0.717, 1.165) is 0 Å². The fourth-order valence-electron chi connectivity index (χ4n) is 2.68. The van der Waals surface area contributed by atoms with E-state index >= 15 is 0 Å². The van der Waals surface area contributed by atoms with E-state index in [9.17, 15) is 9.59 Å². The number of hydrogen-bond donors (Lipinski definition) is 0. The van der Waals surface area contributed by atoms with Crippen LogP contribution < -0.4 is 4.90 Å². The number of carbonyl (C=O) groups excluding carboxylic acids is 2. The van der Waals surface area contributed by atoms with Crippen LogP contribution in [0.1, 0.15) is 34.1 Å². The molecule has 4 nitrogen and oxygen atoms in total. The summed E-state index contributed by atoms with van der Waals surface area (Å²) in [6.45, 7) is 8.87. The highest BCUT2D eigenvalue weighted by Crippen LogP contribution is 2.29. The average Bonchev–Trinajstić information content (AvgIpc) is 2.41. The molecule has 120 valence electrons. The third kappa shape index (κ3) is 3.61. The van der Waals surface area contributed by atoms with Gasteiger partial charge in [-0.1, -0.05) is 44.5 Å². The maximum absolute atomic E-state index is 12.6. The predicted octanol–water partition coefficient (Wildman–Crippen LogP) is 3.34. The van der Waals surface area contributed by atoms with Crippen molar-refractivity contribution in [3.05, 3.63) is 29.3 Å². The molecule has 1 heterocycles. The van der Waals surface area contributed by atoms with Crippen LogP contribution in [0.4, 0.5) is 5.69 Å². The largest absolute Gasteiger partial charge is 0.329 e. The average molecular weight is 323 g/mol. The zero-order chi connectivity index (χ0) is 16.5. The number of para-hydroxylation sites is 1. The van der Waals surface area contributed by atoms with E-state index in [0.29, 0.717) is 30.2 Å². The molecule has 1 aliphatic rings. The molecule has 1 aromatic carbocycles. The molecule has 0 N–H and O–H groups in total. The van der Waals surface area contributed by atoms with Crippen LogP contribution in [0.5, 0.6) is 0 Å². The fourth-order valence-corrected chi connectivity index (χ4v) is 2.91. The van der Waals surface area contributed by atoms with E-state index in [1.807, 2.05) is 39.0 Å². The Balaban J connectivity index is 2.15. The van der Waals surface area contributed by atoms with Gasteiger partial charge >= 0.3 is 0 Å². The molecule has 0 radical (unpaired) electrons. The van der Waals surface area contributed by atoms with Crippen molar-refractivity contribution in [3.63, 3.8) is 0 Å². The summed E-state index contributed by atoms with van der Waals surface area (Å²) in [7, 11) is 0. The molecule has 0 saturated carbocycles. The first-order valence-electron chi connectivity index (χ1n) is 7.56. The van der Waals surface area contributed by atoms with E-state index in [-0.39, 0.29) is 17.2 Å². The second-order valence-corrected chi connectivity index (χ2v) is 7.35. The Kier molecular flexibility index (Phi) is 4.81. The van der Waals surface area contributed by atoms with Crippen LogP contribution in [0.15, 0.2) is 24.3 Å². The lowest BCUT2D eigenvalue weighted by Gasteiger charge is -2.40. The lowest BCUT2D eigenvalue weighted by atomic mass is 9.91. The molecule has 22 heavy (non-hydrogen) atoms. The Bertz CT molecular complexity index is 580. The number of hydrogen-bond acceptors (Lipinski definition) is 2. The van der Waals surface area contributed by atoms with Gasteiger partial charge in [-0.15, -0.1) is 0 Å². The monoisotopic (exact) mass is 322 g/mol. The van der Waals surface area contributed by atoms with E-state index < -0.39 is 6.04 Å². The Morgan fingerprint density at radius 1 is 1.27 bits per heavy atom. The molecule has 0 unspecified atom stereocenters. The van der Waals surface area contributed by atoms with Gasteiger partial charge in [0, 0.05) is 19.5 Å². The van der Waals surface area contributed by atoms with Gasteiger partial charge in [-0.2, -0.15) is 0 Å². The second-order valence-electron chi connectivity index (χ2n) is 6.94. The molecule has 5 heteroatoms. The van der Waals surface area contributed by atoms with Crippen molar-refractivity contribution in [1.82, 2.24) is 4.90 Å². The third-order valence-corrected chi connectivity index (χ3v) is 4.12. The number of piperazine rings is 1. The van der Waals surface area contributed by atoms with Gasteiger partial charge in [-0.3, -0.25) is 9.59 Å². The quantitative estimate of drug-likeness (QED) is 0.838. The summed E-state index contributed by atoms with van der Waals surface area (Å²) < 4.78 is 0. The van der Waals surface area contributed by atoms with Crippen molar-refractivity contribution in [3.8, 4) is 0 Å². The minimum atomic E-state index is -0.458. The second kappa shape index (κ2) is 6.29. The van der Waals surface area contributed by atoms with Crippen molar-refractivity contribution in [1.29, 1.82) is 0 Å².